The highest BCUT2D eigenvalue weighted by molar-refractivity contribution is 5.79. The van der Waals surface area contributed by atoms with Crippen LogP contribution in [0.25, 0.3) is 0 Å². The van der Waals surface area contributed by atoms with E-state index < -0.39 is 18.1 Å². The standard InChI is InChI=1S/C16H19N3O4/c20-15(21)14(7-4-9-19-10-8-17-12-19)18-16(22)23-11-13-5-2-1-3-6-13/h1-3,5-6,8,10,12,14H,4,7,9,11H2,(H,18,22)(H,20,21). The van der Waals surface area contributed by atoms with E-state index in [9.17, 15) is 14.7 Å². The lowest BCUT2D eigenvalue weighted by Crippen LogP contribution is -2.41. The maximum absolute atomic E-state index is 11.7. The van der Waals surface area contributed by atoms with E-state index in [1.807, 2.05) is 34.9 Å². The minimum atomic E-state index is -1.08. The normalized spacial score (nSPS) is 11.7. The van der Waals surface area contributed by atoms with E-state index in [1.165, 1.54) is 0 Å². The van der Waals surface area contributed by atoms with Crippen molar-refractivity contribution in [2.24, 2.45) is 0 Å². The molecule has 1 aromatic carbocycles. The number of hydrogen-bond acceptors (Lipinski definition) is 4. The number of rotatable bonds is 8. The number of alkyl carbamates (subject to hydrolysis) is 1. The van der Waals surface area contributed by atoms with Gasteiger partial charge in [0, 0.05) is 18.9 Å². The van der Waals surface area contributed by atoms with Crippen LogP contribution in [-0.4, -0.2) is 32.8 Å². The van der Waals surface area contributed by atoms with Gasteiger partial charge < -0.3 is 19.7 Å². The minimum absolute atomic E-state index is 0.105. The van der Waals surface area contributed by atoms with Gasteiger partial charge in [0.15, 0.2) is 0 Å². The molecule has 122 valence electrons. The first-order valence-electron chi connectivity index (χ1n) is 7.31. The number of aryl methyl sites for hydroxylation is 1. The number of aliphatic carboxylic acids is 1. The molecule has 0 saturated heterocycles. The lowest BCUT2D eigenvalue weighted by molar-refractivity contribution is -0.139. The first kappa shape index (κ1) is 16.5. The molecular formula is C16H19N3O4. The quantitative estimate of drug-likeness (QED) is 0.777. The fourth-order valence-corrected chi connectivity index (χ4v) is 2.06. The molecule has 0 spiro atoms. The smallest absolute Gasteiger partial charge is 0.408 e. The van der Waals surface area contributed by atoms with Gasteiger partial charge in [0.05, 0.1) is 6.33 Å². The Morgan fingerprint density at radius 3 is 2.74 bits per heavy atom. The van der Waals surface area contributed by atoms with Crippen LogP contribution in [0, 0.1) is 0 Å². The van der Waals surface area contributed by atoms with Gasteiger partial charge in [-0.05, 0) is 18.4 Å². The summed E-state index contributed by atoms with van der Waals surface area (Å²) in [4.78, 5) is 26.8. The van der Waals surface area contributed by atoms with Crippen molar-refractivity contribution in [2.45, 2.75) is 32.0 Å². The van der Waals surface area contributed by atoms with Gasteiger partial charge in [-0.15, -0.1) is 0 Å². The average Bonchev–Trinajstić information content (AvgIpc) is 3.06. The van der Waals surface area contributed by atoms with Crippen LogP contribution in [0.2, 0.25) is 0 Å². The number of carboxylic acid groups (broad SMARTS) is 1. The van der Waals surface area contributed by atoms with E-state index in [-0.39, 0.29) is 6.61 Å². The van der Waals surface area contributed by atoms with Crippen LogP contribution in [-0.2, 0) is 22.7 Å². The van der Waals surface area contributed by atoms with Crippen molar-refractivity contribution in [1.29, 1.82) is 0 Å². The first-order valence-corrected chi connectivity index (χ1v) is 7.31. The predicted molar refractivity (Wildman–Crippen MR) is 82.6 cm³/mol. The van der Waals surface area contributed by atoms with Crippen molar-refractivity contribution in [3.8, 4) is 0 Å². The van der Waals surface area contributed by atoms with Crippen molar-refractivity contribution in [3.63, 3.8) is 0 Å². The van der Waals surface area contributed by atoms with Gasteiger partial charge in [-0.25, -0.2) is 14.6 Å². The number of carbonyl (C=O) groups excluding carboxylic acids is 1. The van der Waals surface area contributed by atoms with Crippen LogP contribution < -0.4 is 5.32 Å². The molecule has 2 rings (SSSR count). The lowest BCUT2D eigenvalue weighted by Gasteiger charge is -2.14. The first-order chi connectivity index (χ1) is 11.1. The zero-order valence-corrected chi connectivity index (χ0v) is 12.6. The van der Waals surface area contributed by atoms with Gasteiger partial charge in [-0.1, -0.05) is 30.3 Å². The van der Waals surface area contributed by atoms with Crippen LogP contribution in [0.1, 0.15) is 18.4 Å². The summed E-state index contributed by atoms with van der Waals surface area (Å²) < 4.78 is 6.89. The Hall–Kier alpha value is -2.83. The van der Waals surface area contributed by atoms with Crippen molar-refractivity contribution in [3.05, 3.63) is 54.6 Å². The number of nitrogens with one attached hydrogen (secondary N) is 1. The molecule has 1 aromatic heterocycles. The molecule has 7 nitrogen and oxygen atoms in total. The Bertz CT molecular complexity index is 614. The Kier molecular flexibility index (Phi) is 6.17. The Morgan fingerprint density at radius 1 is 1.30 bits per heavy atom. The SMILES string of the molecule is O=C(NC(CCCn1ccnc1)C(=O)O)OCc1ccccc1. The van der Waals surface area contributed by atoms with Crippen molar-refractivity contribution in [1.82, 2.24) is 14.9 Å². The third-order valence-electron chi connectivity index (χ3n) is 3.27. The highest BCUT2D eigenvalue weighted by Gasteiger charge is 2.20. The minimum Gasteiger partial charge on any atom is -0.480 e. The fraction of sp³-hybridized carbons (Fsp3) is 0.312. The number of imidazole rings is 1. The van der Waals surface area contributed by atoms with Gasteiger partial charge in [0.2, 0.25) is 0 Å². The van der Waals surface area contributed by atoms with Crippen molar-refractivity contribution in [2.75, 3.05) is 0 Å². The fourth-order valence-electron chi connectivity index (χ4n) is 2.06. The Labute approximate surface area is 133 Å². The van der Waals surface area contributed by atoms with Crippen LogP contribution in [0.5, 0.6) is 0 Å². The molecule has 0 aliphatic carbocycles. The zero-order chi connectivity index (χ0) is 16.5. The second-order valence-electron chi connectivity index (χ2n) is 5.04. The van der Waals surface area contributed by atoms with E-state index in [1.54, 1.807) is 18.7 Å². The van der Waals surface area contributed by atoms with Gasteiger partial charge in [0.25, 0.3) is 0 Å². The molecular weight excluding hydrogens is 298 g/mol. The highest BCUT2D eigenvalue weighted by Crippen LogP contribution is 2.04. The summed E-state index contributed by atoms with van der Waals surface area (Å²) in [7, 11) is 0. The van der Waals surface area contributed by atoms with Crippen LogP contribution >= 0.6 is 0 Å². The third-order valence-corrected chi connectivity index (χ3v) is 3.27. The third kappa shape index (κ3) is 5.82. The van der Waals surface area contributed by atoms with Crippen LogP contribution in [0.4, 0.5) is 4.79 Å². The number of ether oxygens (including phenoxy) is 1. The number of benzene rings is 1. The number of aromatic nitrogens is 2. The molecule has 1 heterocycles. The summed E-state index contributed by atoms with van der Waals surface area (Å²) in [5.41, 5.74) is 0.842. The van der Waals surface area contributed by atoms with E-state index in [0.717, 1.165) is 5.56 Å². The molecule has 1 amide bonds. The largest absolute Gasteiger partial charge is 0.480 e. The number of hydrogen-bond donors (Lipinski definition) is 2. The maximum Gasteiger partial charge on any atom is 0.408 e. The summed E-state index contributed by atoms with van der Waals surface area (Å²) in [5, 5.41) is 11.6. The molecule has 0 aliphatic heterocycles. The second-order valence-corrected chi connectivity index (χ2v) is 5.04. The number of carboxylic acids is 1. The van der Waals surface area contributed by atoms with E-state index in [4.69, 9.17) is 4.74 Å². The summed E-state index contributed by atoms with van der Waals surface area (Å²) in [5.74, 6) is -1.08. The highest BCUT2D eigenvalue weighted by atomic mass is 16.5. The van der Waals surface area contributed by atoms with Crippen molar-refractivity contribution >= 4 is 12.1 Å². The summed E-state index contributed by atoms with van der Waals surface area (Å²) in [6, 6.07) is 8.23. The van der Waals surface area contributed by atoms with Crippen LogP contribution in [0.15, 0.2) is 49.1 Å². The predicted octanol–water partition coefficient (Wildman–Crippen LogP) is 2.04. The summed E-state index contributed by atoms with van der Waals surface area (Å²) in [6.07, 6.45) is 5.31. The maximum atomic E-state index is 11.7. The molecule has 1 atom stereocenters. The topological polar surface area (TPSA) is 93.5 Å². The summed E-state index contributed by atoms with van der Waals surface area (Å²) in [6.45, 7) is 0.749. The van der Waals surface area contributed by atoms with Crippen LogP contribution in [0.3, 0.4) is 0 Å². The Balaban J connectivity index is 1.74. The second kappa shape index (κ2) is 8.57. The zero-order valence-electron chi connectivity index (χ0n) is 12.6. The summed E-state index contributed by atoms with van der Waals surface area (Å²) >= 11 is 0. The lowest BCUT2D eigenvalue weighted by atomic mass is 10.1. The number of carbonyl (C=O) groups is 2. The molecule has 2 N–H and O–H groups in total. The van der Waals surface area contributed by atoms with E-state index in [0.29, 0.717) is 19.4 Å². The molecule has 0 bridgehead atoms. The molecule has 0 aliphatic rings. The molecule has 23 heavy (non-hydrogen) atoms. The van der Waals surface area contributed by atoms with E-state index in [2.05, 4.69) is 10.3 Å². The molecule has 0 radical (unpaired) electrons. The number of nitrogens with zero attached hydrogens (tertiary/aromatic N) is 2. The molecule has 2 aromatic rings. The number of amides is 1. The molecule has 1 unspecified atom stereocenters. The van der Waals surface area contributed by atoms with Crippen molar-refractivity contribution < 1.29 is 19.4 Å². The van der Waals surface area contributed by atoms with Gasteiger partial charge in [-0.2, -0.15) is 0 Å². The van der Waals surface area contributed by atoms with Gasteiger partial charge >= 0.3 is 12.1 Å². The average molecular weight is 317 g/mol. The van der Waals surface area contributed by atoms with Gasteiger partial charge in [-0.3, -0.25) is 0 Å². The monoisotopic (exact) mass is 317 g/mol. The van der Waals surface area contributed by atoms with E-state index >= 15 is 0 Å². The Morgan fingerprint density at radius 2 is 2.09 bits per heavy atom. The molecule has 7 heteroatoms. The molecule has 0 saturated carbocycles. The van der Waals surface area contributed by atoms with Gasteiger partial charge in [0.1, 0.15) is 12.6 Å². The molecule has 0 fully saturated rings.